The molecule has 14 heavy (non-hydrogen) atoms. The number of aromatic amines is 1. The Hall–Kier alpha value is -1.77. The molecule has 0 bridgehead atoms. The van der Waals surface area contributed by atoms with Crippen LogP contribution in [0.25, 0.3) is 10.9 Å². The molecule has 0 spiro atoms. The molecule has 0 amide bonds. The molecule has 1 N–H and O–H groups in total. The highest BCUT2D eigenvalue weighted by Gasteiger charge is 2.15. The van der Waals surface area contributed by atoms with E-state index < -0.39 is 0 Å². The maximum atomic E-state index is 11.2. The standard InChI is InChI=1S/C11H9NO2/c13-10-4-2-7-1-3-9-8(5-6-14-9)11(7)12-10/h1-4H,5-6H2,(H,12,13). The van der Waals surface area contributed by atoms with Gasteiger partial charge in [0.05, 0.1) is 12.1 Å². The van der Waals surface area contributed by atoms with Crippen LogP contribution in [0.3, 0.4) is 0 Å². The van der Waals surface area contributed by atoms with Gasteiger partial charge in [-0.05, 0) is 23.6 Å². The Morgan fingerprint density at radius 1 is 1.21 bits per heavy atom. The van der Waals surface area contributed by atoms with E-state index in [0.717, 1.165) is 28.6 Å². The maximum Gasteiger partial charge on any atom is 0.248 e. The van der Waals surface area contributed by atoms with Crippen LogP contribution in [0.5, 0.6) is 5.75 Å². The first-order valence-electron chi connectivity index (χ1n) is 4.62. The highest BCUT2D eigenvalue weighted by molar-refractivity contribution is 5.84. The third kappa shape index (κ3) is 0.954. The molecule has 2 aromatic rings. The van der Waals surface area contributed by atoms with E-state index in [1.807, 2.05) is 18.2 Å². The number of ether oxygens (including phenoxy) is 1. The molecule has 0 saturated heterocycles. The molecule has 0 unspecified atom stereocenters. The van der Waals surface area contributed by atoms with Gasteiger partial charge >= 0.3 is 0 Å². The normalized spacial score (nSPS) is 14.0. The van der Waals surface area contributed by atoms with Crippen LogP contribution in [0, 0.1) is 0 Å². The summed E-state index contributed by atoms with van der Waals surface area (Å²) < 4.78 is 5.42. The molecule has 70 valence electrons. The zero-order valence-electron chi connectivity index (χ0n) is 7.54. The highest BCUT2D eigenvalue weighted by atomic mass is 16.5. The zero-order valence-corrected chi connectivity index (χ0v) is 7.54. The number of rotatable bonds is 0. The Kier molecular flexibility index (Phi) is 1.42. The van der Waals surface area contributed by atoms with Gasteiger partial charge in [0.25, 0.3) is 0 Å². The predicted octanol–water partition coefficient (Wildman–Crippen LogP) is 1.46. The van der Waals surface area contributed by atoms with Crippen LogP contribution in [-0.2, 0) is 6.42 Å². The van der Waals surface area contributed by atoms with Crippen molar-refractivity contribution in [2.45, 2.75) is 6.42 Å². The van der Waals surface area contributed by atoms with Crippen LogP contribution in [-0.4, -0.2) is 11.6 Å². The van der Waals surface area contributed by atoms with Gasteiger partial charge in [0.15, 0.2) is 0 Å². The average Bonchev–Trinajstić information content (AvgIpc) is 2.65. The van der Waals surface area contributed by atoms with Crippen molar-refractivity contribution in [2.24, 2.45) is 0 Å². The molecule has 0 atom stereocenters. The fraction of sp³-hybridized carbons (Fsp3) is 0.182. The SMILES string of the molecule is O=c1ccc2ccc3c(c2[nH]1)CCO3. The maximum absolute atomic E-state index is 11.2. The second kappa shape index (κ2) is 2.61. The van der Waals surface area contributed by atoms with Gasteiger partial charge in [-0.2, -0.15) is 0 Å². The number of hydrogen-bond acceptors (Lipinski definition) is 2. The van der Waals surface area contributed by atoms with Crippen molar-refractivity contribution in [3.05, 3.63) is 40.2 Å². The van der Waals surface area contributed by atoms with Crippen LogP contribution in [0.2, 0.25) is 0 Å². The highest BCUT2D eigenvalue weighted by Crippen LogP contribution is 2.30. The van der Waals surface area contributed by atoms with Gasteiger partial charge in [-0.1, -0.05) is 0 Å². The summed E-state index contributed by atoms with van der Waals surface area (Å²) in [4.78, 5) is 14.0. The molecule has 3 heteroatoms. The Labute approximate surface area is 80.3 Å². The Morgan fingerprint density at radius 2 is 2.07 bits per heavy atom. The molecule has 0 fully saturated rings. The topological polar surface area (TPSA) is 42.1 Å². The monoisotopic (exact) mass is 187 g/mol. The van der Waals surface area contributed by atoms with Gasteiger partial charge in [-0.25, -0.2) is 0 Å². The lowest BCUT2D eigenvalue weighted by Gasteiger charge is -2.02. The van der Waals surface area contributed by atoms with Crippen molar-refractivity contribution in [1.82, 2.24) is 4.98 Å². The van der Waals surface area contributed by atoms with Gasteiger partial charge in [0, 0.05) is 18.1 Å². The lowest BCUT2D eigenvalue weighted by atomic mass is 10.1. The number of H-pyrrole nitrogens is 1. The Bertz CT molecular complexity index is 557. The molecule has 3 rings (SSSR count). The summed E-state index contributed by atoms with van der Waals surface area (Å²) in [6, 6.07) is 7.32. The van der Waals surface area contributed by atoms with Gasteiger partial charge in [0.1, 0.15) is 5.75 Å². The molecule has 1 aromatic carbocycles. The second-order valence-corrected chi connectivity index (χ2v) is 3.43. The molecule has 3 nitrogen and oxygen atoms in total. The lowest BCUT2D eigenvalue weighted by molar-refractivity contribution is 0.357. The third-order valence-corrected chi connectivity index (χ3v) is 2.57. The summed E-state index contributed by atoms with van der Waals surface area (Å²) in [5, 5.41) is 1.06. The number of benzene rings is 1. The minimum atomic E-state index is -0.0576. The average molecular weight is 187 g/mol. The first-order valence-corrected chi connectivity index (χ1v) is 4.62. The number of aromatic nitrogens is 1. The lowest BCUT2D eigenvalue weighted by Crippen LogP contribution is -2.03. The van der Waals surface area contributed by atoms with Crippen LogP contribution in [0.15, 0.2) is 29.1 Å². The molecular formula is C11H9NO2. The summed E-state index contributed by atoms with van der Waals surface area (Å²) >= 11 is 0. The van der Waals surface area contributed by atoms with Crippen LogP contribution in [0.4, 0.5) is 0 Å². The Morgan fingerprint density at radius 3 is 3.00 bits per heavy atom. The fourth-order valence-corrected chi connectivity index (χ4v) is 1.91. The number of nitrogens with one attached hydrogen (secondary N) is 1. The van der Waals surface area contributed by atoms with Gasteiger partial charge in [-0.3, -0.25) is 4.79 Å². The van der Waals surface area contributed by atoms with Crippen molar-refractivity contribution in [3.8, 4) is 5.75 Å². The first kappa shape index (κ1) is 7.62. The predicted molar refractivity (Wildman–Crippen MR) is 53.8 cm³/mol. The smallest absolute Gasteiger partial charge is 0.248 e. The van der Waals surface area contributed by atoms with Crippen LogP contribution >= 0.6 is 0 Å². The van der Waals surface area contributed by atoms with Crippen molar-refractivity contribution in [2.75, 3.05) is 6.61 Å². The summed E-state index contributed by atoms with van der Waals surface area (Å²) in [5.74, 6) is 0.902. The molecule has 1 aliphatic heterocycles. The van der Waals surface area contributed by atoms with Gasteiger partial charge < -0.3 is 9.72 Å². The van der Waals surface area contributed by atoms with E-state index in [1.54, 1.807) is 6.07 Å². The van der Waals surface area contributed by atoms with E-state index >= 15 is 0 Å². The fourth-order valence-electron chi connectivity index (χ4n) is 1.91. The summed E-state index contributed by atoms with van der Waals surface area (Å²) in [6.45, 7) is 0.714. The summed E-state index contributed by atoms with van der Waals surface area (Å²) in [7, 11) is 0. The molecule has 2 heterocycles. The largest absolute Gasteiger partial charge is 0.493 e. The minimum absolute atomic E-state index is 0.0576. The van der Waals surface area contributed by atoms with Crippen molar-refractivity contribution in [1.29, 1.82) is 0 Å². The van der Waals surface area contributed by atoms with E-state index in [0.29, 0.717) is 6.61 Å². The van der Waals surface area contributed by atoms with Crippen LogP contribution in [0.1, 0.15) is 5.56 Å². The van der Waals surface area contributed by atoms with E-state index in [-0.39, 0.29) is 5.56 Å². The zero-order chi connectivity index (χ0) is 9.54. The number of fused-ring (bicyclic) bond motifs is 3. The van der Waals surface area contributed by atoms with E-state index in [1.165, 1.54) is 0 Å². The summed E-state index contributed by atoms with van der Waals surface area (Å²) in [6.07, 6.45) is 0.882. The second-order valence-electron chi connectivity index (χ2n) is 3.43. The van der Waals surface area contributed by atoms with E-state index in [4.69, 9.17) is 4.74 Å². The summed E-state index contributed by atoms with van der Waals surface area (Å²) in [5.41, 5.74) is 1.99. The molecule has 1 aliphatic rings. The number of pyridine rings is 1. The molecule has 0 radical (unpaired) electrons. The molecule has 0 saturated carbocycles. The molecular weight excluding hydrogens is 178 g/mol. The van der Waals surface area contributed by atoms with Crippen molar-refractivity contribution in [3.63, 3.8) is 0 Å². The van der Waals surface area contributed by atoms with Crippen molar-refractivity contribution < 1.29 is 4.74 Å². The van der Waals surface area contributed by atoms with Gasteiger partial charge in [0.2, 0.25) is 5.56 Å². The van der Waals surface area contributed by atoms with Gasteiger partial charge in [-0.15, -0.1) is 0 Å². The quantitative estimate of drug-likeness (QED) is 0.678. The van der Waals surface area contributed by atoms with Crippen LogP contribution < -0.4 is 10.3 Å². The molecule has 0 aliphatic carbocycles. The molecule has 1 aromatic heterocycles. The van der Waals surface area contributed by atoms with E-state index in [9.17, 15) is 4.79 Å². The minimum Gasteiger partial charge on any atom is -0.493 e. The Balaban J connectivity index is 2.47. The van der Waals surface area contributed by atoms with E-state index in [2.05, 4.69) is 4.98 Å². The third-order valence-electron chi connectivity index (χ3n) is 2.57. The number of hydrogen-bond donors (Lipinski definition) is 1. The first-order chi connectivity index (χ1) is 6.84. The van der Waals surface area contributed by atoms with Crippen molar-refractivity contribution >= 4 is 10.9 Å².